The second-order valence-electron chi connectivity index (χ2n) is 13.2. The van der Waals surface area contributed by atoms with Crippen molar-refractivity contribution < 1.29 is 0 Å². The van der Waals surface area contributed by atoms with Crippen molar-refractivity contribution in [3.05, 3.63) is 51.2 Å². The smallest absolute Gasteiger partial charge is 0.0660 e. The van der Waals surface area contributed by atoms with Crippen LogP contribution < -0.4 is 5.19 Å². The number of rotatable bonds is 21. The lowest BCUT2D eigenvalue weighted by molar-refractivity contribution is 0.531. The minimum Gasteiger partial charge on any atom is -0.0660 e. The zero-order chi connectivity index (χ0) is 28.7. The molecule has 2 atom stereocenters. The first-order valence-corrected chi connectivity index (χ1v) is 20.0. The van der Waals surface area contributed by atoms with E-state index in [9.17, 15) is 0 Å². The molecule has 0 N–H and O–H groups in total. The van der Waals surface area contributed by atoms with Gasteiger partial charge in [-0.25, -0.2) is 0 Å². The summed E-state index contributed by atoms with van der Waals surface area (Å²) in [5, 5.41) is 3.55. The Morgan fingerprint density at radius 2 is 0.974 bits per heavy atom. The van der Waals surface area contributed by atoms with E-state index >= 15 is 0 Å². The van der Waals surface area contributed by atoms with Crippen molar-refractivity contribution in [1.29, 1.82) is 0 Å². The zero-order valence-electron chi connectivity index (χ0n) is 27.7. The van der Waals surface area contributed by atoms with Crippen molar-refractivity contribution in [3.63, 3.8) is 0 Å². The average Bonchev–Trinajstić information content (AvgIpc) is 3.14. The maximum atomic E-state index is 2.72. The molecule has 2 unspecified atom stereocenters. The van der Waals surface area contributed by atoms with Gasteiger partial charge in [0.05, 0.1) is 0 Å². The van der Waals surface area contributed by atoms with E-state index in [1.54, 1.807) is 33.0 Å². The van der Waals surface area contributed by atoms with Gasteiger partial charge in [0.1, 0.15) is 8.07 Å². The van der Waals surface area contributed by atoms with Crippen LogP contribution in [0.15, 0.2) is 40.1 Å². The summed E-state index contributed by atoms with van der Waals surface area (Å²) in [6, 6.07) is 9.09. The summed E-state index contributed by atoms with van der Waals surface area (Å²) < 4.78 is 0. The highest BCUT2D eigenvalue weighted by molar-refractivity contribution is 6.97. The maximum Gasteiger partial charge on any atom is 0.111 e. The number of benzene rings is 1. The van der Waals surface area contributed by atoms with Gasteiger partial charge in [0.15, 0.2) is 0 Å². The van der Waals surface area contributed by atoms with Crippen LogP contribution in [-0.2, 0) is 12.8 Å². The molecule has 222 valence electrons. The van der Waals surface area contributed by atoms with Gasteiger partial charge in [0.2, 0.25) is 0 Å². The van der Waals surface area contributed by atoms with E-state index < -0.39 is 8.07 Å². The van der Waals surface area contributed by atoms with Gasteiger partial charge in [0.25, 0.3) is 0 Å². The van der Waals surface area contributed by atoms with Crippen molar-refractivity contribution in [2.75, 3.05) is 0 Å². The molecule has 0 nitrogen and oxygen atoms in total. The van der Waals surface area contributed by atoms with Crippen molar-refractivity contribution in [2.24, 2.45) is 5.92 Å². The molecule has 2 rings (SSSR count). The summed E-state index contributed by atoms with van der Waals surface area (Å²) in [5.74, 6) is 0.623. The molecule has 0 radical (unpaired) electrons. The van der Waals surface area contributed by atoms with Crippen molar-refractivity contribution in [2.45, 2.75) is 177 Å². The molecule has 39 heavy (non-hydrogen) atoms. The molecule has 0 aliphatic heterocycles. The van der Waals surface area contributed by atoms with Crippen LogP contribution in [0.5, 0.6) is 0 Å². The summed E-state index contributed by atoms with van der Waals surface area (Å²) >= 11 is 0. The second kappa shape index (κ2) is 18.4. The van der Waals surface area contributed by atoms with Gasteiger partial charge in [0, 0.05) is 0 Å². The van der Waals surface area contributed by atoms with E-state index in [1.807, 2.05) is 5.20 Å². The fourth-order valence-electron chi connectivity index (χ4n) is 7.21. The molecular formula is C38H66Si. The van der Waals surface area contributed by atoms with Crippen molar-refractivity contribution >= 4 is 13.3 Å². The van der Waals surface area contributed by atoms with Crippen LogP contribution in [0.1, 0.15) is 162 Å². The van der Waals surface area contributed by atoms with E-state index in [0.717, 1.165) is 12.8 Å². The summed E-state index contributed by atoms with van der Waals surface area (Å²) in [6.45, 7) is 19.4. The summed E-state index contributed by atoms with van der Waals surface area (Å²) in [6.07, 6.45) is 25.4. The first kappa shape index (κ1) is 34.1. The Hall–Kier alpha value is -1.08. The minimum absolute atomic E-state index is 0.623. The molecule has 0 heterocycles. The first-order valence-electron chi connectivity index (χ1n) is 17.3. The maximum absolute atomic E-state index is 2.72. The Balaban J connectivity index is 1.82. The Kier molecular flexibility index (Phi) is 16.1. The zero-order valence-corrected chi connectivity index (χ0v) is 28.7. The summed E-state index contributed by atoms with van der Waals surface area (Å²) in [4.78, 5) is 0. The number of aryl methyl sites for hydroxylation is 2. The van der Waals surface area contributed by atoms with Crippen LogP contribution in [0.3, 0.4) is 0 Å². The topological polar surface area (TPSA) is 0 Å². The van der Waals surface area contributed by atoms with E-state index in [4.69, 9.17) is 0 Å². The monoisotopic (exact) mass is 550 g/mol. The van der Waals surface area contributed by atoms with Gasteiger partial charge in [-0.3, -0.25) is 0 Å². The fourth-order valence-corrected chi connectivity index (χ4v) is 12.2. The minimum atomic E-state index is -1.77. The van der Waals surface area contributed by atoms with Gasteiger partial charge in [-0.15, -0.1) is 0 Å². The molecule has 1 aliphatic rings. The number of allylic oxidation sites excluding steroid dienone is 4. The van der Waals surface area contributed by atoms with Crippen LogP contribution in [-0.4, -0.2) is 8.07 Å². The highest BCUT2D eigenvalue weighted by Gasteiger charge is 2.40. The molecule has 0 bridgehead atoms. The summed E-state index contributed by atoms with van der Waals surface area (Å²) in [7, 11) is -1.77. The number of hydrogen-bond acceptors (Lipinski definition) is 0. The Bertz CT molecular complexity index is 881. The molecule has 1 aromatic rings. The van der Waals surface area contributed by atoms with Crippen LogP contribution in [0, 0.1) is 5.92 Å². The van der Waals surface area contributed by atoms with Gasteiger partial charge in [-0.05, 0) is 62.3 Å². The van der Waals surface area contributed by atoms with Gasteiger partial charge in [-0.2, -0.15) is 0 Å². The average molecular weight is 551 g/mol. The molecular weight excluding hydrogens is 485 g/mol. The van der Waals surface area contributed by atoms with Crippen molar-refractivity contribution in [3.8, 4) is 0 Å². The third kappa shape index (κ3) is 10.4. The predicted octanol–water partition coefficient (Wildman–Crippen LogP) is 12.2. The van der Waals surface area contributed by atoms with Crippen molar-refractivity contribution in [1.82, 2.24) is 0 Å². The third-order valence-electron chi connectivity index (χ3n) is 10.3. The van der Waals surface area contributed by atoms with Gasteiger partial charge < -0.3 is 0 Å². The fraction of sp³-hybridized carbons (Fsp3) is 0.737. The van der Waals surface area contributed by atoms with E-state index in [0.29, 0.717) is 5.92 Å². The lowest BCUT2D eigenvalue weighted by Crippen LogP contribution is -2.49. The molecule has 0 saturated heterocycles. The van der Waals surface area contributed by atoms with E-state index in [2.05, 4.69) is 73.2 Å². The SMILES string of the molecule is CCCCCCCCCCCCCCCCCC[Si](C)(C1=C(C)C(C)=C(C)C1C)c1cc(CC)cc(CC)c1. The van der Waals surface area contributed by atoms with Gasteiger partial charge in [-0.1, -0.05) is 177 Å². The van der Waals surface area contributed by atoms with Crippen LogP contribution in [0.4, 0.5) is 0 Å². The Morgan fingerprint density at radius 3 is 1.33 bits per heavy atom. The first-order chi connectivity index (χ1) is 18.8. The van der Waals surface area contributed by atoms with Crippen LogP contribution in [0.25, 0.3) is 0 Å². The highest BCUT2D eigenvalue weighted by Crippen LogP contribution is 2.43. The lowest BCUT2D eigenvalue weighted by atomic mass is 10.0. The van der Waals surface area contributed by atoms with Crippen LogP contribution >= 0.6 is 0 Å². The summed E-state index contributed by atoms with van der Waals surface area (Å²) in [5.41, 5.74) is 7.91. The van der Waals surface area contributed by atoms with E-state index in [1.165, 1.54) is 109 Å². The highest BCUT2D eigenvalue weighted by atomic mass is 28.3. The molecule has 1 aromatic carbocycles. The predicted molar refractivity (Wildman–Crippen MR) is 181 cm³/mol. The quantitative estimate of drug-likeness (QED) is 0.105. The molecule has 0 fully saturated rings. The largest absolute Gasteiger partial charge is 0.111 e. The third-order valence-corrected chi connectivity index (χ3v) is 15.2. The van der Waals surface area contributed by atoms with Gasteiger partial charge >= 0.3 is 0 Å². The molecule has 0 aromatic heterocycles. The molecule has 0 amide bonds. The molecule has 1 heteroatoms. The number of hydrogen-bond donors (Lipinski definition) is 0. The normalized spacial score (nSPS) is 17.4. The lowest BCUT2D eigenvalue weighted by Gasteiger charge is -2.35. The Morgan fingerprint density at radius 1 is 0.564 bits per heavy atom. The second-order valence-corrected chi connectivity index (χ2v) is 17.5. The molecule has 1 aliphatic carbocycles. The number of unbranched alkanes of at least 4 members (excludes halogenated alkanes) is 15. The molecule has 0 spiro atoms. The van der Waals surface area contributed by atoms with E-state index in [-0.39, 0.29) is 0 Å². The standard InChI is InChI=1S/C38H66Si/c1-9-12-13-14-15-16-17-18-19-20-21-22-23-24-25-26-27-39(8,38-33(6)31(4)32(5)34(38)7)37-29-35(10-2)28-36(11-3)30-37/h28-30,33H,9-27H2,1-8H3. The molecule has 0 saturated carbocycles. The van der Waals surface area contributed by atoms with Crippen LogP contribution in [0.2, 0.25) is 12.6 Å². The Labute approximate surface area is 246 Å².